The molecule has 3 aliphatic carbocycles. The van der Waals surface area contributed by atoms with Gasteiger partial charge >= 0.3 is 0 Å². The van der Waals surface area contributed by atoms with Crippen molar-refractivity contribution in [3.8, 4) is 27.9 Å². The predicted molar refractivity (Wildman–Crippen MR) is 233 cm³/mol. The predicted octanol–water partition coefficient (Wildman–Crippen LogP) is 13.6. The van der Waals surface area contributed by atoms with Gasteiger partial charge in [0.25, 0.3) is 0 Å². The van der Waals surface area contributed by atoms with Crippen molar-refractivity contribution < 1.29 is 0 Å². The molecular weight excluding hydrogens is 677 g/mol. The van der Waals surface area contributed by atoms with Gasteiger partial charge in [-0.15, -0.1) is 0 Å². The van der Waals surface area contributed by atoms with Gasteiger partial charge in [-0.3, -0.25) is 0 Å². The fourth-order valence-electron chi connectivity index (χ4n) is 10.8. The second kappa shape index (κ2) is 11.4. The van der Waals surface area contributed by atoms with Crippen LogP contribution in [-0.2, 0) is 23.7 Å². The number of fused-ring (bicyclic) bond motifs is 12. The van der Waals surface area contributed by atoms with E-state index in [2.05, 4.69) is 205 Å². The fourth-order valence-corrected chi connectivity index (χ4v) is 10.8. The molecule has 9 aromatic rings. The van der Waals surface area contributed by atoms with Crippen LogP contribution in [0.5, 0.6) is 0 Å². The summed E-state index contributed by atoms with van der Waals surface area (Å²) in [5, 5.41) is 2.50. The number of benzene rings is 8. The molecule has 0 saturated carbocycles. The molecule has 0 bridgehead atoms. The molecule has 0 fully saturated rings. The van der Waals surface area contributed by atoms with E-state index >= 15 is 0 Å². The van der Waals surface area contributed by atoms with Gasteiger partial charge in [0.15, 0.2) is 0 Å². The summed E-state index contributed by atoms with van der Waals surface area (Å²) >= 11 is 0. The normalized spacial score (nSPS) is 15.1. The maximum atomic E-state index is 2.53. The molecule has 1 spiro atoms. The van der Waals surface area contributed by atoms with E-state index in [1.54, 1.807) is 0 Å². The Morgan fingerprint density at radius 3 is 1.77 bits per heavy atom. The van der Waals surface area contributed by atoms with Crippen LogP contribution in [0.4, 0.5) is 17.1 Å². The van der Waals surface area contributed by atoms with Crippen LogP contribution >= 0.6 is 0 Å². The van der Waals surface area contributed by atoms with E-state index < -0.39 is 0 Å². The summed E-state index contributed by atoms with van der Waals surface area (Å²) in [5.41, 5.74) is 21.0. The minimum atomic E-state index is -0.0920. The van der Waals surface area contributed by atoms with Gasteiger partial charge in [-0.1, -0.05) is 135 Å². The first-order chi connectivity index (χ1) is 27.5. The average molecular weight is 717 g/mol. The zero-order valence-corrected chi connectivity index (χ0v) is 31.6. The van der Waals surface area contributed by atoms with Gasteiger partial charge in [0.1, 0.15) is 0 Å². The zero-order chi connectivity index (χ0) is 37.2. The molecular formula is C54H40N2. The summed E-state index contributed by atoms with van der Waals surface area (Å²) in [6.07, 6.45) is 2.04. The number of para-hydroxylation sites is 2. The summed E-state index contributed by atoms with van der Waals surface area (Å²) in [6, 6.07) is 68.4. The molecule has 2 nitrogen and oxygen atoms in total. The topological polar surface area (TPSA) is 8.17 Å². The molecule has 3 aliphatic rings. The third-order valence-electron chi connectivity index (χ3n) is 13.4. The Bertz CT molecular complexity index is 3050. The Kier molecular flexibility index (Phi) is 6.47. The van der Waals surface area contributed by atoms with Crippen LogP contribution in [0.1, 0.15) is 47.2 Å². The smallest absolute Gasteiger partial charge is 0.0542 e. The van der Waals surface area contributed by atoms with Crippen molar-refractivity contribution in [2.45, 2.75) is 37.5 Å². The second-order valence-electron chi connectivity index (χ2n) is 16.6. The SMILES string of the molecule is CC1(C)c2ccccc2-c2cc(N(c3ccc4c(c3)C3(Cc5ccccc5C3)c3ccccc3-4)c3ccc4c(c3)c3ccccc3n4-c3ccccc3)ccc21. The number of nitrogens with zero attached hydrogens (tertiary/aromatic N) is 2. The first-order valence-electron chi connectivity index (χ1n) is 19.9. The van der Waals surface area contributed by atoms with Gasteiger partial charge in [-0.25, -0.2) is 0 Å². The quantitative estimate of drug-likeness (QED) is 0.176. The number of rotatable bonds is 4. The highest BCUT2D eigenvalue weighted by Crippen LogP contribution is 2.57. The largest absolute Gasteiger partial charge is 0.310 e. The van der Waals surface area contributed by atoms with E-state index in [1.807, 2.05) is 0 Å². The number of hydrogen-bond donors (Lipinski definition) is 0. The van der Waals surface area contributed by atoms with Crippen molar-refractivity contribution >= 4 is 38.9 Å². The maximum Gasteiger partial charge on any atom is 0.0542 e. The van der Waals surface area contributed by atoms with Gasteiger partial charge in [-0.05, 0) is 129 Å². The average Bonchev–Trinajstić information content (AvgIpc) is 3.94. The van der Waals surface area contributed by atoms with E-state index in [1.165, 1.54) is 94.5 Å². The lowest BCUT2D eigenvalue weighted by molar-refractivity contribution is 0.563. The Labute approximate surface area is 327 Å². The molecule has 0 atom stereocenters. The van der Waals surface area contributed by atoms with Crippen molar-refractivity contribution in [3.05, 3.63) is 215 Å². The number of hydrogen-bond acceptors (Lipinski definition) is 1. The summed E-state index contributed by atoms with van der Waals surface area (Å²) < 4.78 is 2.40. The third kappa shape index (κ3) is 4.27. The van der Waals surface area contributed by atoms with Gasteiger partial charge < -0.3 is 9.47 Å². The van der Waals surface area contributed by atoms with Crippen molar-refractivity contribution in [2.75, 3.05) is 4.90 Å². The van der Waals surface area contributed by atoms with Crippen molar-refractivity contribution in [1.29, 1.82) is 0 Å². The van der Waals surface area contributed by atoms with Crippen LogP contribution in [-0.4, -0.2) is 4.57 Å². The minimum Gasteiger partial charge on any atom is -0.310 e. The summed E-state index contributed by atoms with van der Waals surface area (Å²) in [6.45, 7) is 4.73. The first-order valence-corrected chi connectivity index (χ1v) is 19.9. The lowest BCUT2D eigenvalue weighted by Gasteiger charge is -2.30. The van der Waals surface area contributed by atoms with Crippen LogP contribution in [0.15, 0.2) is 182 Å². The van der Waals surface area contributed by atoms with Gasteiger partial charge in [0.05, 0.1) is 11.0 Å². The summed E-state index contributed by atoms with van der Waals surface area (Å²) in [4.78, 5) is 2.52. The van der Waals surface area contributed by atoms with Crippen molar-refractivity contribution in [3.63, 3.8) is 0 Å². The molecule has 0 saturated heterocycles. The summed E-state index contributed by atoms with van der Waals surface area (Å²) in [7, 11) is 0. The van der Waals surface area contributed by atoms with Crippen LogP contribution in [0.2, 0.25) is 0 Å². The Hall–Kier alpha value is -6.64. The second-order valence-corrected chi connectivity index (χ2v) is 16.6. The fraction of sp³-hybridized carbons (Fsp3) is 0.111. The van der Waals surface area contributed by atoms with Gasteiger partial charge in [0, 0.05) is 44.4 Å². The highest BCUT2D eigenvalue weighted by Gasteiger charge is 2.47. The number of aromatic nitrogens is 1. The molecule has 12 rings (SSSR count). The molecule has 2 heteroatoms. The van der Waals surface area contributed by atoms with E-state index in [-0.39, 0.29) is 10.8 Å². The van der Waals surface area contributed by atoms with Crippen molar-refractivity contribution in [2.24, 2.45) is 0 Å². The molecule has 0 radical (unpaired) electrons. The van der Waals surface area contributed by atoms with E-state index in [0.717, 1.165) is 18.5 Å². The standard InChI is InChI=1S/C54H40N2/c1-53(2)47-21-11-8-19-42(47)45-30-38(25-28-48(45)53)55(39-26-29-52-46(31-39)44-20-10-13-23-51(44)56(52)37-16-4-3-5-17-37)40-24-27-43-41-18-9-12-22-49(41)54(50(43)32-40)33-35-14-6-7-15-36(35)34-54/h3-32H,33-34H2,1-2H3. The Balaban J connectivity index is 1.10. The third-order valence-corrected chi connectivity index (χ3v) is 13.4. The van der Waals surface area contributed by atoms with Crippen LogP contribution < -0.4 is 4.90 Å². The maximum absolute atomic E-state index is 2.53. The number of anilines is 3. The molecule has 0 amide bonds. The highest BCUT2D eigenvalue weighted by molar-refractivity contribution is 6.10. The van der Waals surface area contributed by atoms with Crippen LogP contribution in [0, 0.1) is 0 Å². The van der Waals surface area contributed by atoms with E-state index in [9.17, 15) is 0 Å². The van der Waals surface area contributed by atoms with Gasteiger partial charge in [0.2, 0.25) is 0 Å². The molecule has 0 N–H and O–H groups in total. The van der Waals surface area contributed by atoms with E-state index in [4.69, 9.17) is 0 Å². The van der Waals surface area contributed by atoms with E-state index in [0.29, 0.717) is 0 Å². The molecule has 266 valence electrons. The molecule has 56 heavy (non-hydrogen) atoms. The molecule has 1 aromatic heterocycles. The molecule has 8 aromatic carbocycles. The molecule has 1 heterocycles. The van der Waals surface area contributed by atoms with Gasteiger partial charge in [-0.2, -0.15) is 0 Å². The lowest BCUT2D eigenvalue weighted by Crippen LogP contribution is -2.26. The minimum absolute atomic E-state index is 0.0589. The molecule has 0 aliphatic heterocycles. The Morgan fingerprint density at radius 2 is 0.964 bits per heavy atom. The monoisotopic (exact) mass is 716 g/mol. The molecule has 0 unspecified atom stereocenters. The zero-order valence-electron chi connectivity index (χ0n) is 31.6. The van der Waals surface area contributed by atoms with Crippen LogP contribution in [0.25, 0.3) is 49.7 Å². The summed E-state index contributed by atoms with van der Waals surface area (Å²) in [5.74, 6) is 0. The lowest BCUT2D eigenvalue weighted by atomic mass is 9.75. The van der Waals surface area contributed by atoms with Crippen molar-refractivity contribution in [1.82, 2.24) is 4.57 Å². The first kappa shape index (κ1) is 31.7. The highest BCUT2D eigenvalue weighted by atomic mass is 15.1. The van der Waals surface area contributed by atoms with Crippen LogP contribution in [0.3, 0.4) is 0 Å². The Morgan fingerprint density at radius 1 is 0.411 bits per heavy atom.